The highest BCUT2D eigenvalue weighted by Crippen LogP contribution is 2.29. The SMILES string of the molecule is CCc1cc2ccc(C(C)(C#N)Cc3ccc(C)cc3)cc2[nH]c1=O. The first-order valence-corrected chi connectivity index (χ1v) is 8.58. The topological polar surface area (TPSA) is 56.6 Å². The summed E-state index contributed by atoms with van der Waals surface area (Å²) in [6.07, 6.45) is 1.34. The minimum absolute atomic E-state index is 0.0515. The zero-order valence-corrected chi connectivity index (χ0v) is 14.9. The van der Waals surface area contributed by atoms with Crippen LogP contribution in [0, 0.1) is 18.3 Å². The number of rotatable bonds is 4. The lowest BCUT2D eigenvalue weighted by molar-refractivity contribution is 0.607. The Labute approximate surface area is 147 Å². The number of nitrogens with one attached hydrogen (secondary N) is 1. The second-order valence-corrected chi connectivity index (χ2v) is 6.89. The van der Waals surface area contributed by atoms with Crippen molar-refractivity contribution >= 4 is 10.9 Å². The molecule has 0 spiro atoms. The van der Waals surface area contributed by atoms with Gasteiger partial charge in [-0.2, -0.15) is 5.26 Å². The molecule has 0 bridgehead atoms. The fourth-order valence-electron chi connectivity index (χ4n) is 3.17. The molecule has 2 aromatic carbocycles. The van der Waals surface area contributed by atoms with Gasteiger partial charge in [0.1, 0.15) is 0 Å². The number of aryl methyl sites for hydroxylation is 2. The first kappa shape index (κ1) is 17.0. The summed E-state index contributed by atoms with van der Waals surface area (Å²) in [5.74, 6) is 0. The normalized spacial score (nSPS) is 13.4. The van der Waals surface area contributed by atoms with E-state index in [-0.39, 0.29) is 5.56 Å². The van der Waals surface area contributed by atoms with E-state index in [1.807, 2.05) is 38.1 Å². The summed E-state index contributed by atoms with van der Waals surface area (Å²) >= 11 is 0. The Morgan fingerprint density at radius 2 is 1.84 bits per heavy atom. The molecule has 0 aliphatic heterocycles. The van der Waals surface area contributed by atoms with Gasteiger partial charge >= 0.3 is 0 Å². The van der Waals surface area contributed by atoms with Gasteiger partial charge in [-0.1, -0.05) is 48.9 Å². The molecule has 0 saturated carbocycles. The van der Waals surface area contributed by atoms with Crippen LogP contribution in [-0.2, 0) is 18.3 Å². The quantitative estimate of drug-likeness (QED) is 0.769. The van der Waals surface area contributed by atoms with Crippen LogP contribution < -0.4 is 5.56 Å². The zero-order chi connectivity index (χ0) is 18.0. The van der Waals surface area contributed by atoms with Crippen molar-refractivity contribution in [1.29, 1.82) is 5.26 Å². The predicted molar refractivity (Wildman–Crippen MR) is 102 cm³/mol. The third-order valence-electron chi connectivity index (χ3n) is 4.87. The zero-order valence-electron chi connectivity index (χ0n) is 14.9. The lowest BCUT2D eigenvalue weighted by Gasteiger charge is -2.23. The highest BCUT2D eigenvalue weighted by molar-refractivity contribution is 5.80. The molecule has 126 valence electrons. The van der Waals surface area contributed by atoms with Crippen LogP contribution in [0.2, 0.25) is 0 Å². The van der Waals surface area contributed by atoms with E-state index in [0.717, 1.165) is 27.6 Å². The van der Waals surface area contributed by atoms with Crippen molar-refractivity contribution in [3.05, 3.63) is 81.1 Å². The number of pyridine rings is 1. The lowest BCUT2D eigenvalue weighted by atomic mass is 9.78. The number of hydrogen-bond acceptors (Lipinski definition) is 2. The van der Waals surface area contributed by atoms with Crippen molar-refractivity contribution in [2.75, 3.05) is 0 Å². The number of hydrogen-bond donors (Lipinski definition) is 1. The Morgan fingerprint density at radius 3 is 2.48 bits per heavy atom. The summed E-state index contributed by atoms with van der Waals surface area (Å²) < 4.78 is 0. The predicted octanol–water partition coefficient (Wildman–Crippen LogP) is 4.42. The lowest BCUT2D eigenvalue weighted by Crippen LogP contribution is -2.23. The molecule has 3 heteroatoms. The van der Waals surface area contributed by atoms with E-state index in [0.29, 0.717) is 12.8 Å². The fourth-order valence-corrected chi connectivity index (χ4v) is 3.17. The number of fused-ring (bicyclic) bond motifs is 1. The van der Waals surface area contributed by atoms with E-state index in [4.69, 9.17) is 0 Å². The molecule has 0 amide bonds. The van der Waals surface area contributed by atoms with Crippen LogP contribution in [0.1, 0.15) is 36.1 Å². The number of nitriles is 1. The van der Waals surface area contributed by atoms with E-state index in [9.17, 15) is 10.1 Å². The van der Waals surface area contributed by atoms with Crippen LogP contribution in [0.5, 0.6) is 0 Å². The molecule has 3 nitrogen and oxygen atoms in total. The summed E-state index contributed by atoms with van der Waals surface area (Å²) in [5.41, 5.74) is 4.12. The summed E-state index contributed by atoms with van der Waals surface area (Å²) in [7, 11) is 0. The average Bonchev–Trinajstić information content (AvgIpc) is 2.62. The van der Waals surface area contributed by atoms with Gasteiger partial charge in [-0.3, -0.25) is 4.79 Å². The van der Waals surface area contributed by atoms with Gasteiger partial charge < -0.3 is 4.98 Å². The number of benzene rings is 2. The molecule has 1 N–H and O–H groups in total. The molecule has 1 aromatic heterocycles. The molecule has 1 atom stereocenters. The van der Waals surface area contributed by atoms with E-state index in [2.05, 4.69) is 42.2 Å². The first-order chi connectivity index (χ1) is 11.9. The second-order valence-electron chi connectivity index (χ2n) is 6.89. The molecular weight excluding hydrogens is 308 g/mol. The van der Waals surface area contributed by atoms with Crippen LogP contribution in [0.15, 0.2) is 53.3 Å². The highest BCUT2D eigenvalue weighted by Gasteiger charge is 2.27. The van der Waals surface area contributed by atoms with Crippen molar-refractivity contribution in [2.24, 2.45) is 0 Å². The minimum Gasteiger partial charge on any atom is -0.322 e. The third-order valence-corrected chi connectivity index (χ3v) is 4.87. The summed E-state index contributed by atoms with van der Waals surface area (Å²) in [6, 6.07) is 18.6. The second kappa shape index (κ2) is 6.57. The smallest absolute Gasteiger partial charge is 0.251 e. The van der Waals surface area contributed by atoms with Crippen molar-refractivity contribution in [3.63, 3.8) is 0 Å². The van der Waals surface area contributed by atoms with Gasteiger partial charge in [0.2, 0.25) is 0 Å². The van der Waals surface area contributed by atoms with Crippen LogP contribution in [0.4, 0.5) is 0 Å². The Kier molecular flexibility index (Phi) is 4.46. The molecular formula is C22H22N2O. The van der Waals surface area contributed by atoms with Crippen LogP contribution in [-0.4, -0.2) is 4.98 Å². The minimum atomic E-state index is -0.649. The van der Waals surface area contributed by atoms with Crippen molar-refractivity contribution < 1.29 is 0 Å². The first-order valence-electron chi connectivity index (χ1n) is 8.58. The van der Waals surface area contributed by atoms with E-state index in [1.54, 1.807) is 0 Å². The molecule has 0 fully saturated rings. The molecule has 1 heterocycles. The summed E-state index contributed by atoms with van der Waals surface area (Å²) in [5, 5.41) is 10.8. The summed E-state index contributed by atoms with van der Waals surface area (Å²) in [6.45, 7) is 5.98. The maximum absolute atomic E-state index is 12.1. The van der Waals surface area contributed by atoms with Gasteiger partial charge in [0.25, 0.3) is 5.56 Å². The van der Waals surface area contributed by atoms with Crippen LogP contribution >= 0.6 is 0 Å². The molecule has 25 heavy (non-hydrogen) atoms. The molecule has 0 aliphatic rings. The summed E-state index contributed by atoms with van der Waals surface area (Å²) in [4.78, 5) is 15.0. The monoisotopic (exact) mass is 330 g/mol. The Balaban J connectivity index is 2.04. The average molecular weight is 330 g/mol. The van der Waals surface area contributed by atoms with Crippen molar-refractivity contribution in [2.45, 2.75) is 39.0 Å². The van der Waals surface area contributed by atoms with Gasteiger partial charge in [0.05, 0.1) is 11.5 Å². The Morgan fingerprint density at radius 1 is 1.12 bits per heavy atom. The van der Waals surface area contributed by atoms with E-state index < -0.39 is 5.41 Å². The molecule has 0 saturated heterocycles. The van der Waals surface area contributed by atoms with Gasteiger partial charge in [-0.15, -0.1) is 0 Å². The Hall–Kier alpha value is -2.86. The number of nitrogens with zero attached hydrogens (tertiary/aromatic N) is 1. The van der Waals surface area contributed by atoms with Crippen molar-refractivity contribution in [1.82, 2.24) is 4.98 Å². The highest BCUT2D eigenvalue weighted by atomic mass is 16.1. The van der Waals surface area contributed by atoms with Gasteiger partial charge in [-0.25, -0.2) is 0 Å². The molecule has 0 aliphatic carbocycles. The number of H-pyrrole nitrogens is 1. The van der Waals surface area contributed by atoms with Gasteiger partial charge in [0.15, 0.2) is 0 Å². The van der Waals surface area contributed by atoms with Gasteiger partial charge in [0, 0.05) is 11.1 Å². The largest absolute Gasteiger partial charge is 0.322 e. The van der Waals surface area contributed by atoms with Gasteiger partial charge in [-0.05, 0) is 55.3 Å². The van der Waals surface area contributed by atoms with Crippen molar-refractivity contribution in [3.8, 4) is 6.07 Å². The molecule has 3 rings (SSSR count). The molecule has 0 radical (unpaired) electrons. The number of aromatic nitrogens is 1. The molecule has 1 unspecified atom stereocenters. The Bertz CT molecular complexity index is 1010. The standard InChI is InChI=1S/C22H22N2O/c1-4-17-11-18-9-10-19(12-20(18)24-21(17)25)22(3,14-23)13-16-7-5-15(2)6-8-16/h5-12H,4,13H2,1-3H3,(H,24,25). The number of aromatic amines is 1. The fraction of sp³-hybridized carbons (Fsp3) is 0.273. The third kappa shape index (κ3) is 3.34. The van der Waals surface area contributed by atoms with E-state index in [1.165, 1.54) is 5.56 Å². The molecule has 3 aromatic rings. The van der Waals surface area contributed by atoms with Crippen LogP contribution in [0.25, 0.3) is 10.9 Å². The maximum atomic E-state index is 12.1. The van der Waals surface area contributed by atoms with Crippen LogP contribution in [0.3, 0.4) is 0 Å². The maximum Gasteiger partial charge on any atom is 0.251 e. The van der Waals surface area contributed by atoms with E-state index >= 15 is 0 Å².